The van der Waals surface area contributed by atoms with Gasteiger partial charge in [0.25, 0.3) is 0 Å². The lowest BCUT2D eigenvalue weighted by Gasteiger charge is -2.05. The fourth-order valence-corrected chi connectivity index (χ4v) is 2.99. The van der Waals surface area contributed by atoms with E-state index in [0.29, 0.717) is 5.82 Å². The van der Waals surface area contributed by atoms with Gasteiger partial charge in [0.05, 0.1) is 0 Å². The van der Waals surface area contributed by atoms with Crippen LogP contribution < -0.4 is 5.32 Å². The quantitative estimate of drug-likeness (QED) is 0.648. The van der Waals surface area contributed by atoms with Crippen LogP contribution >= 0.6 is 0 Å². The van der Waals surface area contributed by atoms with E-state index in [1.807, 2.05) is 43.3 Å². The number of hydrogen-bond acceptors (Lipinski definition) is 6. The number of nitrogens with one attached hydrogen (secondary N) is 1. The predicted molar refractivity (Wildman–Crippen MR) is 105 cm³/mol. The highest BCUT2D eigenvalue weighted by atomic mass is 16.4. The van der Waals surface area contributed by atoms with Crippen LogP contribution in [0.25, 0.3) is 11.6 Å². The minimum absolute atomic E-state index is 0.115. The lowest BCUT2D eigenvalue weighted by molar-refractivity contribution is 0.101. The molecule has 1 aliphatic rings. The van der Waals surface area contributed by atoms with Gasteiger partial charge in [0.15, 0.2) is 23.1 Å². The van der Waals surface area contributed by atoms with Crippen molar-refractivity contribution in [1.82, 2.24) is 4.98 Å². The van der Waals surface area contributed by atoms with Crippen molar-refractivity contribution in [3.63, 3.8) is 0 Å². The fourth-order valence-electron chi connectivity index (χ4n) is 2.99. The van der Waals surface area contributed by atoms with E-state index in [-0.39, 0.29) is 28.7 Å². The summed E-state index contributed by atoms with van der Waals surface area (Å²) in [5.41, 5.74) is 3.53. The maximum absolute atomic E-state index is 12.1. The molecule has 6 heteroatoms. The standard InChI is InChI=1S/C21H17N3O3/c1-12-5-3-6-15(9-12)24-21-18(13(2)25)19(26)17(27-21)10-14-11-23-20-16(14)7-4-8-22-20/h3-11,24,26H,1-2H3. The predicted octanol–water partition coefficient (Wildman–Crippen LogP) is 4.89. The number of hydrogen-bond donors (Lipinski definition) is 2. The normalized spacial score (nSPS) is 13.8. The Hall–Kier alpha value is -3.67. The van der Waals surface area contributed by atoms with Crippen molar-refractivity contribution in [2.45, 2.75) is 13.8 Å². The molecule has 0 unspecified atom stereocenters. The number of aromatic nitrogens is 1. The second-order valence-corrected chi connectivity index (χ2v) is 6.30. The number of aliphatic imine (C=N–C) groups is 1. The number of rotatable bonds is 4. The number of aryl methyl sites for hydroxylation is 1. The first-order valence-electron chi connectivity index (χ1n) is 8.44. The van der Waals surface area contributed by atoms with Gasteiger partial charge in [-0.2, -0.15) is 0 Å². The van der Waals surface area contributed by atoms with Crippen LogP contribution in [0.3, 0.4) is 0 Å². The lowest BCUT2D eigenvalue weighted by Crippen LogP contribution is -1.97. The second kappa shape index (κ2) is 6.57. The number of benzene rings is 1. The van der Waals surface area contributed by atoms with Crippen LogP contribution in [0, 0.1) is 6.92 Å². The molecule has 27 heavy (non-hydrogen) atoms. The SMILES string of the molecule is CC(=O)c1c(Nc2cccc(C)c2)oc(C=C2C=Nc3ncccc32)c1O. The second-order valence-electron chi connectivity index (χ2n) is 6.30. The van der Waals surface area contributed by atoms with Gasteiger partial charge in [0.2, 0.25) is 5.88 Å². The molecule has 1 aliphatic heterocycles. The summed E-state index contributed by atoms with van der Waals surface area (Å²) in [7, 11) is 0. The number of Topliss-reactive ketones (excluding diaryl/α,β-unsaturated/α-hetero) is 1. The minimum Gasteiger partial charge on any atom is -0.504 e. The monoisotopic (exact) mass is 359 g/mol. The summed E-state index contributed by atoms with van der Waals surface area (Å²) in [4.78, 5) is 20.5. The highest BCUT2D eigenvalue weighted by Gasteiger charge is 2.24. The molecule has 3 aromatic rings. The Morgan fingerprint density at radius 2 is 2.11 bits per heavy atom. The number of ketones is 1. The molecule has 0 spiro atoms. The van der Waals surface area contributed by atoms with E-state index in [2.05, 4.69) is 15.3 Å². The Morgan fingerprint density at radius 3 is 2.89 bits per heavy atom. The summed E-state index contributed by atoms with van der Waals surface area (Å²) in [6.07, 6.45) is 4.97. The Kier molecular flexibility index (Phi) is 4.08. The lowest BCUT2D eigenvalue weighted by atomic mass is 10.1. The third-order valence-corrected chi connectivity index (χ3v) is 4.25. The Morgan fingerprint density at radius 1 is 1.26 bits per heavy atom. The van der Waals surface area contributed by atoms with Gasteiger partial charge in [-0.3, -0.25) is 4.79 Å². The molecule has 2 N–H and O–H groups in total. The van der Waals surface area contributed by atoms with Crippen LogP contribution in [0.5, 0.6) is 5.75 Å². The van der Waals surface area contributed by atoms with Gasteiger partial charge in [-0.05, 0) is 49.8 Å². The maximum atomic E-state index is 12.1. The van der Waals surface area contributed by atoms with Crippen LogP contribution in [0.4, 0.5) is 17.4 Å². The molecule has 6 nitrogen and oxygen atoms in total. The summed E-state index contributed by atoms with van der Waals surface area (Å²) in [5, 5.41) is 13.6. The van der Waals surface area contributed by atoms with Gasteiger partial charge < -0.3 is 14.8 Å². The number of furan rings is 1. The largest absolute Gasteiger partial charge is 0.504 e. The molecule has 2 aromatic heterocycles. The first kappa shape index (κ1) is 16.8. The number of carbonyl (C=O) groups excluding carboxylic acids is 1. The molecule has 0 bridgehead atoms. The molecular formula is C21H17N3O3. The van der Waals surface area contributed by atoms with Crippen molar-refractivity contribution in [2.75, 3.05) is 5.32 Å². The molecule has 1 aromatic carbocycles. The molecule has 3 heterocycles. The van der Waals surface area contributed by atoms with E-state index >= 15 is 0 Å². The highest BCUT2D eigenvalue weighted by Crippen LogP contribution is 2.39. The molecule has 0 atom stereocenters. The molecule has 4 rings (SSSR count). The average Bonchev–Trinajstić information content (AvgIpc) is 3.17. The molecule has 0 fully saturated rings. The summed E-state index contributed by atoms with van der Waals surface area (Å²) < 4.78 is 5.79. The van der Waals surface area contributed by atoms with E-state index in [9.17, 15) is 9.90 Å². The first-order chi connectivity index (χ1) is 13.0. The summed E-state index contributed by atoms with van der Waals surface area (Å²) in [6.45, 7) is 3.36. The van der Waals surface area contributed by atoms with Crippen molar-refractivity contribution in [2.24, 2.45) is 4.99 Å². The minimum atomic E-state index is -0.293. The van der Waals surface area contributed by atoms with Crippen LogP contribution in [0.2, 0.25) is 0 Å². The van der Waals surface area contributed by atoms with Gasteiger partial charge in [-0.1, -0.05) is 12.1 Å². The zero-order valence-corrected chi connectivity index (χ0v) is 14.9. The maximum Gasteiger partial charge on any atom is 0.212 e. The van der Waals surface area contributed by atoms with Gasteiger partial charge in [0.1, 0.15) is 5.56 Å². The molecule has 0 saturated carbocycles. The van der Waals surface area contributed by atoms with Gasteiger partial charge in [-0.15, -0.1) is 0 Å². The summed E-state index contributed by atoms with van der Waals surface area (Å²) in [6, 6.07) is 11.4. The van der Waals surface area contributed by atoms with Gasteiger partial charge in [0, 0.05) is 29.2 Å². The zero-order chi connectivity index (χ0) is 19.0. The Balaban J connectivity index is 1.76. The molecular weight excluding hydrogens is 342 g/mol. The topological polar surface area (TPSA) is 87.7 Å². The Bertz CT molecular complexity index is 1110. The van der Waals surface area contributed by atoms with Crippen molar-refractivity contribution in [3.8, 4) is 5.75 Å². The van der Waals surface area contributed by atoms with E-state index in [1.165, 1.54) is 6.92 Å². The molecule has 134 valence electrons. The number of carbonyl (C=O) groups is 1. The number of aromatic hydroxyl groups is 1. The summed E-state index contributed by atoms with van der Waals surface area (Å²) in [5.74, 6) is 0.515. The Labute approximate surface area is 155 Å². The van der Waals surface area contributed by atoms with E-state index in [0.717, 1.165) is 22.4 Å². The number of pyridine rings is 1. The van der Waals surface area contributed by atoms with Crippen molar-refractivity contribution in [3.05, 3.63) is 65.0 Å². The zero-order valence-electron chi connectivity index (χ0n) is 14.9. The third-order valence-electron chi connectivity index (χ3n) is 4.25. The van der Waals surface area contributed by atoms with Gasteiger partial charge >= 0.3 is 0 Å². The summed E-state index contributed by atoms with van der Waals surface area (Å²) >= 11 is 0. The van der Waals surface area contributed by atoms with Crippen LogP contribution in [0.15, 0.2) is 52.0 Å². The number of anilines is 2. The van der Waals surface area contributed by atoms with Crippen molar-refractivity contribution in [1.29, 1.82) is 0 Å². The molecule has 0 aliphatic carbocycles. The first-order valence-corrected chi connectivity index (χ1v) is 8.44. The van der Waals surface area contributed by atoms with Crippen molar-refractivity contribution >= 4 is 41.0 Å². The third kappa shape index (κ3) is 3.13. The van der Waals surface area contributed by atoms with E-state index < -0.39 is 0 Å². The van der Waals surface area contributed by atoms with Crippen LogP contribution in [-0.2, 0) is 0 Å². The van der Waals surface area contributed by atoms with E-state index in [1.54, 1.807) is 18.5 Å². The molecule has 0 saturated heterocycles. The number of fused-ring (bicyclic) bond motifs is 1. The van der Waals surface area contributed by atoms with Crippen LogP contribution in [-0.4, -0.2) is 22.1 Å². The molecule has 0 amide bonds. The number of allylic oxidation sites excluding steroid dienone is 1. The smallest absolute Gasteiger partial charge is 0.212 e. The van der Waals surface area contributed by atoms with E-state index in [4.69, 9.17) is 4.42 Å². The van der Waals surface area contributed by atoms with Crippen molar-refractivity contribution < 1.29 is 14.3 Å². The fraction of sp³-hybridized carbons (Fsp3) is 0.0952. The molecule has 0 radical (unpaired) electrons. The van der Waals surface area contributed by atoms with Gasteiger partial charge in [-0.25, -0.2) is 9.98 Å². The number of nitrogens with zero attached hydrogens (tertiary/aromatic N) is 2. The highest BCUT2D eigenvalue weighted by molar-refractivity contribution is 6.21. The van der Waals surface area contributed by atoms with Crippen LogP contribution in [0.1, 0.15) is 34.2 Å². The average molecular weight is 359 g/mol.